The number of piperidine rings is 1. The van der Waals surface area contributed by atoms with E-state index >= 15 is 0 Å². The highest BCUT2D eigenvalue weighted by Gasteiger charge is 2.44. The smallest absolute Gasteiger partial charge is 0.246 e. The first-order valence-electron chi connectivity index (χ1n) is 19.0. The Balaban J connectivity index is 1.43. The van der Waals surface area contributed by atoms with Gasteiger partial charge in [-0.15, -0.1) is 0 Å². The molecule has 6 amide bonds. The number of carbonyl (C=O) groups is 6. The molecule has 3 heterocycles. The summed E-state index contributed by atoms with van der Waals surface area (Å²) in [6.45, 7) is 1.60. The van der Waals surface area contributed by atoms with E-state index in [0.717, 1.165) is 17.7 Å². The van der Waals surface area contributed by atoms with Crippen molar-refractivity contribution in [2.24, 2.45) is 11.1 Å². The van der Waals surface area contributed by atoms with Crippen molar-refractivity contribution >= 4 is 35.4 Å². The van der Waals surface area contributed by atoms with Crippen LogP contribution in [0.25, 0.3) is 0 Å². The largest absolute Gasteiger partial charge is 0.469 e. The van der Waals surface area contributed by atoms with Gasteiger partial charge in [-0.1, -0.05) is 54.6 Å². The normalized spacial score (nSPS) is 22.2. The van der Waals surface area contributed by atoms with E-state index in [4.69, 9.17) is 14.9 Å². The van der Waals surface area contributed by atoms with Crippen molar-refractivity contribution in [1.29, 1.82) is 0 Å². The highest BCUT2D eigenvalue weighted by atomic mass is 16.5. The molecule has 56 heavy (non-hydrogen) atoms. The van der Waals surface area contributed by atoms with Gasteiger partial charge < -0.3 is 46.4 Å². The van der Waals surface area contributed by atoms with Gasteiger partial charge in [-0.2, -0.15) is 0 Å². The summed E-state index contributed by atoms with van der Waals surface area (Å²) in [5, 5.41) is 14.2. The van der Waals surface area contributed by atoms with Crippen molar-refractivity contribution in [1.82, 2.24) is 31.5 Å². The number of benzene rings is 2. The lowest BCUT2D eigenvalue weighted by Gasteiger charge is -2.42. The zero-order valence-electron chi connectivity index (χ0n) is 31.4. The zero-order valence-corrected chi connectivity index (χ0v) is 31.4. The predicted molar refractivity (Wildman–Crippen MR) is 206 cm³/mol. The van der Waals surface area contributed by atoms with Gasteiger partial charge in [-0.05, 0) is 54.5 Å². The van der Waals surface area contributed by atoms with Crippen LogP contribution in [-0.2, 0) is 59.3 Å². The van der Waals surface area contributed by atoms with Gasteiger partial charge in [0.1, 0.15) is 17.8 Å². The highest BCUT2D eigenvalue weighted by Crippen LogP contribution is 2.35. The molecule has 2 aliphatic rings. The molecule has 0 radical (unpaired) electrons. The van der Waals surface area contributed by atoms with Gasteiger partial charge >= 0.3 is 0 Å². The lowest BCUT2D eigenvalue weighted by molar-refractivity contribution is -0.141. The number of rotatable bonds is 10. The number of hydrogen-bond donors (Lipinski definition) is 6. The predicted octanol–water partition coefficient (Wildman–Crippen LogP) is 0.670. The van der Waals surface area contributed by atoms with E-state index in [1.165, 1.54) is 6.26 Å². The number of carbonyl (C=O) groups excluding carboxylic acids is 6. The van der Waals surface area contributed by atoms with Crippen molar-refractivity contribution in [3.05, 3.63) is 108 Å². The Morgan fingerprint density at radius 1 is 0.929 bits per heavy atom. The molecule has 0 spiro atoms. The molecule has 3 atom stereocenters. The van der Waals surface area contributed by atoms with Crippen LogP contribution in [0.4, 0.5) is 0 Å². The summed E-state index contributed by atoms with van der Waals surface area (Å²) in [4.78, 5) is 83.0. The maximum absolute atomic E-state index is 14.5. The van der Waals surface area contributed by atoms with Crippen LogP contribution in [0.3, 0.4) is 0 Å². The monoisotopic (exact) mass is 769 g/mol. The Kier molecular flexibility index (Phi) is 15.3. The molecule has 2 bridgehead atoms. The molecule has 2 aromatic carbocycles. The van der Waals surface area contributed by atoms with Gasteiger partial charge in [-0.3, -0.25) is 28.8 Å². The Labute approximate surface area is 326 Å². The first-order valence-corrected chi connectivity index (χ1v) is 19.0. The van der Waals surface area contributed by atoms with Crippen LogP contribution >= 0.6 is 0 Å². The van der Waals surface area contributed by atoms with Gasteiger partial charge in [0.05, 0.1) is 31.3 Å². The number of nitrogens with zero attached hydrogens (tertiary/aromatic N) is 1. The number of hydrogen-bond acceptors (Lipinski definition) is 9. The standard InChI is InChI=1S/C41H51N7O8/c42-17-22-55-23-19-44-38(52)33-15-18-43-35(49)13-14-37(51)48-20-7-16-41(28-48,26-29-8-2-1-3-9-29)40(54)47-34(25-32-12-6-21-56-32)39(53)45-27-31-11-5-4-10-30(31)24-36(50)46-33/h1-6,8-14,21,33-34H,7,15-20,22-28,42H2,(H,43,49)(H,44,52)(H,45,53)(H,46,50)(H,47,54)/b14-13+/t33-,34-,41-/m0/s1. The minimum Gasteiger partial charge on any atom is -0.469 e. The van der Waals surface area contributed by atoms with Crippen LogP contribution in [0, 0.1) is 5.41 Å². The molecule has 2 aliphatic heterocycles. The summed E-state index contributed by atoms with van der Waals surface area (Å²) < 4.78 is 10.9. The van der Waals surface area contributed by atoms with Gasteiger partial charge in [0, 0.05) is 57.8 Å². The van der Waals surface area contributed by atoms with Crippen LogP contribution in [0.1, 0.15) is 41.7 Å². The van der Waals surface area contributed by atoms with Crippen LogP contribution in [0.15, 0.2) is 89.6 Å². The van der Waals surface area contributed by atoms with Crippen molar-refractivity contribution in [3.8, 4) is 0 Å². The Morgan fingerprint density at radius 3 is 2.48 bits per heavy atom. The van der Waals surface area contributed by atoms with Crippen LogP contribution < -0.4 is 32.3 Å². The van der Waals surface area contributed by atoms with Crippen molar-refractivity contribution in [2.75, 3.05) is 45.9 Å². The SMILES string of the molecule is NCCOCCNC(=O)[C@@H]1CCNC(=O)/C=C/C(=O)N2CCC[C@](Cc3ccccc3)(C2)C(=O)N[C@@H](Cc2ccco2)C(=O)NCc2ccccc2CC(=O)N1. The molecule has 0 unspecified atom stereocenters. The minimum absolute atomic E-state index is 0.0191. The van der Waals surface area contributed by atoms with Gasteiger partial charge in [-0.25, -0.2) is 0 Å². The number of amides is 6. The molecule has 298 valence electrons. The van der Waals surface area contributed by atoms with Crippen LogP contribution in [0.5, 0.6) is 0 Å². The molecule has 5 rings (SSSR count). The fourth-order valence-corrected chi connectivity index (χ4v) is 6.97. The number of furan rings is 1. The number of nitrogens with one attached hydrogen (secondary N) is 5. The molecule has 15 nitrogen and oxygen atoms in total. The Morgan fingerprint density at radius 2 is 1.71 bits per heavy atom. The molecule has 7 N–H and O–H groups in total. The van der Waals surface area contributed by atoms with E-state index in [0.29, 0.717) is 55.8 Å². The van der Waals surface area contributed by atoms with E-state index in [2.05, 4.69) is 26.6 Å². The van der Waals surface area contributed by atoms with E-state index in [-0.39, 0.29) is 58.0 Å². The summed E-state index contributed by atoms with van der Waals surface area (Å²) >= 11 is 0. The maximum atomic E-state index is 14.5. The van der Waals surface area contributed by atoms with E-state index in [1.54, 1.807) is 41.3 Å². The fourth-order valence-electron chi connectivity index (χ4n) is 6.97. The lowest BCUT2D eigenvalue weighted by atomic mass is 9.74. The maximum Gasteiger partial charge on any atom is 0.246 e. The Bertz CT molecular complexity index is 1830. The third-order valence-corrected chi connectivity index (χ3v) is 9.85. The van der Waals surface area contributed by atoms with E-state index < -0.39 is 47.0 Å². The molecule has 15 heteroatoms. The second-order valence-corrected chi connectivity index (χ2v) is 14.0. The number of ether oxygens (including phenoxy) is 1. The average molecular weight is 770 g/mol. The van der Waals surface area contributed by atoms with Gasteiger partial charge in [0.25, 0.3) is 0 Å². The minimum atomic E-state index is -1.09. The molecule has 0 saturated carbocycles. The molecule has 0 aliphatic carbocycles. The summed E-state index contributed by atoms with van der Waals surface area (Å²) in [5.41, 5.74) is 6.56. The van der Waals surface area contributed by atoms with Gasteiger partial charge in [0.15, 0.2) is 0 Å². The molecule has 1 saturated heterocycles. The van der Waals surface area contributed by atoms with E-state index in [9.17, 15) is 28.8 Å². The number of fused-ring (bicyclic) bond motifs is 3. The van der Waals surface area contributed by atoms with Crippen LogP contribution in [0.2, 0.25) is 0 Å². The lowest BCUT2D eigenvalue weighted by Crippen LogP contribution is -2.58. The molecule has 3 aromatic rings. The third kappa shape index (κ3) is 12.1. The fraction of sp³-hybridized carbons (Fsp3) is 0.415. The summed E-state index contributed by atoms with van der Waals surface area (Å²) in [7, 11) is 0. The first kappa shape index (κ1) is 41.4. The molecular formula is C41H51N7O8. The quantitative estimate of drug-likeness (QED) is 0.160. The second-order valence-electron chi connectivity index (χ2n) is 14.0. The molecular weight excluding hydrogens is 718 g/mol. The molecule has 1 aromatic heterocycles. The van der Waals surface area contributed by atoms with Gasteiger partial charge in [0.2, 0.25) is 35.4 Å². The zero-order chi connectivity index (χ0) is 39.8. The summed E-state index contributed by atoms with van der Waals surface area (Å²) in [6, 6.07) is 18.0. The third-order valence-electron chi connectivity index (χ3n) is 9.85. The Hall–Kier alpha value is -5.80. The second kappa shape index (κ2) is 20.8. The number of nitrogens with two attached hydrogens (primary N) is 1. The topological polar surface area (TPSA) is 214 Å². The summed E-state index contributed by atoms with van der Waals surface area (Å²) in [5.74, 6) is -2.27. The van der Waals surface area contributed by atoms with Crippen molar-refractivity contribution in [3.63, 3.8) is 0 Å². The van der Waals surface area contributed by atoms with E-state index in [1.807, 2.05) is 30.3 Å². The van der Waals surface area contributed by atoms with Crippen LogP contribution in [-0.4, -0.2) is 98.4 Å². The molecule has 1 fully saturated rings. The highest BCUT2D eigenvalue weighted by molar-refractivity contribution is 5.97. The average Bonchev–Trinajstić information content (AvgIpc) is 3.72. The van der Waals surface area contributed by atoms with Crippen molar-refractivity contribution in [2.45, 2.75) is 57.2 Å². The van der Waals surface area contributed by atoms with Crippen molar-refractivity contribution < 1.29 is 37.9 Å². The summed E-state index contributed by atoms with van der Waals surface area (Å²) in [6.07, 6.45) is 5.10. The first-order chi connectivity index (χ1) is 27.2.